The number of rotatable bonds is 5. The molecule has 0 saturated heterocycles. The molecule has 0 aromatic carbocycles. The predicted octanol–water partition coefficient (Wildman–Crippen LogP) is 0.307. The normalized spacial score (nSPS) is 11.7. The fraction of sp³-hybridized carbons (Fsp3) is 0.444. The highest BCUT2D eigenvalue weighted by Crippen LogP contribution is 2.04. The van der Waals surface area contributed by atoms with Crippen molar-refractivity contribution in [3.63, 3.8) is 0 Å². The number of hydrogen-bond acceptors (Lipinski definition) is 5. The quantitative estimate of drug-likeness (QED) is 0.327. The van der Waals surface area contributed by atoms with Gasteiger partial charge in [-0.2, -0.15) is 4.73 Å². The molecule has 1 rings (SSSR count). The Hall–Kier alpha value is -1.89. The van der Waals surface area contributed by atoms with E-state index in [9.17, 15) is 15.3 Å². The number of aliphatic hydroxyl groups is 1. The van der Waals surface area contributed by atoms with Gasteiger partial charge < -0.3 is 10.3 Å². The molecule has 0 atom stereocenters. The topological polar surface area (TPSA) is 101 Å². The number of nitro groups is 1. The summed E-state index contributed by atoms with van der Waals surface area (Å²) in [7, 11) is 0. The Labute approximate surface area is 91.4 Å². The minimum Gasteiger partial charge on any atom is -0.427 e. The molecule has 0 amide bonds. The van der Waals surface area contributed by atoms with E-state index < -0.39 is 4.92 Å². The first-order chi connectivity index (χ1) is 7.65. The summed E-state index contributed by atoms with van der Waals surface area (Å²) in [5.41, 5.74) is 0.0124. The van der Waals surface area contributed by atoms with Crippen molar-refractivity contribution < 1.29 is 15.2 Å². The Balaban J connectivity index is 2.85. The lowest BCUT2D eigenvalue weighted by Crippen LogP contribution is -2.18. The van der Waals surface area contributed by atoms with E-state index in [4.69, 9.17) is 5.11 Å². The molecule has 0 fully saturated rings. The molecule has 0 saturated carbocycles. The second-order valence-electron chi connectivity index (χ2n) is 3.16. The minimum absolute atomic E-state index is 0.0869. The smallest absolute Gasteiger partial charge is 0.274 e. The summed E-state index contributed by atoms with van der Waals surface area (Å²) in [6.07, 6.45) is 2.45. The maximum Gasteiger partial charge on any atom is 0.274 e. The van der Waals surface area contributed by atoms with Gasteiger partial charge >= 0.3 is 0 Å². The molecular weight excluding hydrogens is 214 g/mol. The number of aliphatic hydroxyl groups excluding tert-OH is 1. The molecule has 0 unspecified atom stereocenters. The van der Waals surface area contributed by atoms with Gasteiger partial charge in [-0.15, -0.1) is 0 Å². The van der Waals surface area contributed by atoms with Gasteiger partial charge in [0.1, 0.15) is 0 Å². The zero-order valence-corrected chi connectivity index (χ0v) is 8.61. The highest BCUT2D eigenvalue weighted by atomic mass is 16.6. The number of unbranched alkanes of at least 4 members (excludes halogenated alkanes) is 1. The van der Waals surface area contributed by atoms with Crippen LogP contribution in [0, 0.1) is 10.1 Å². The van der Waals surface area contributed by atoms with Gasteiger partial charge in [0.25, 0.3) is 5.69 Å². The lowest BCUT2D eigenvalue weighted by Gasteiger charge is -1.98. The summed E-state index contributed by atoms with van der Waals surface area (Å²) in [6.45, 7) is 0.492. The van der Waals surface area contributed by atoms with Gasteiger partial charge in [0.2, 0.25) is 0 Å². The van der Waals surface area contributed by atoms with Gasteiger partial charge in [-0.1, -0.05) is 0 Å². The molecule has 7 nitrogen and oxygen atoms in total. The van der Waals surface area contributed by atoms with Crippen molar-refractivity contribution in [3.8, 4) is 0 Å². The van der Waals surface area contributed by atoms with Crippen LogP contribution in [-0.4, -0.2) is 33.1 Å². The average molecular weight is 227 g/mol. The van der Waals surface area contributed by atoms with E-state index in [0.29, 0.717) is 19.4 Å². The van der Waals surface area contributed by atoms with Crippen LogP contribution in [0.15, 0.2) is 23.3 Å². The molecule has 0 spiro atoms. The summed E-state index contributed by atoms with van der Waals surface area (Å²) in [4.78, 5) is 13.9. The van der Waals surface area contributed by atoms with Gasteiger partial charge in [-0.05, 0) is 12.8 Å². The fourth-order valence-electron chi connectivity index (χ4n) is 1.12. The monoisotopic (exact) mass is 227 g/mol. The maximum atomic E-state index is 10.5. The lowest BCUT2D eigenvalue weighted by molar-refractivity contribution is -0.385. The third kappa shape index (κ3) is 3.35. The Morgan fingerprint density at radius 3 is 2.88 bits per heavy atom. The van der Waals surface area contributed by atoms with Crippen molar-refractivity contribution in [1.82, 2.24) is 4.73 Å². The van der Waals surface area contributed by atoms with E-state index >= 15 is 0 Å². The van der Waals surface area contributed by atoms with Crippen molar-refractivity contribution in [3.05, 3.63) is 33.9 Å². The number of hydrogen-bond donors (Lipinski definition) is 2. The van der Waals surface area contributed by atoms with Gasteiger partial charge in [0.15, 0.2) is 5.49 Å². The highest BCUT2D eigenvalue weighted by molar-refractivity contribution is 5.25. The third-order valence-corrected chi connectivity index (χ3v) is 1.95. The summed E-state index contributed by atoms with van der Waals surface area (Å²) < 4.78 is 0.728. The number of nitrogens with zero attached hydrogens (tertiary/aromatic N) is 3. The van der Waals surface area contributed by atoms with Crippen LogP contribution in [0.2, 0.25) is 0 Å². The van der Waals surface area contributed by atoms with Crippen molar-refractivity contribution >= 4 is 5.69 Å². The van der Waals surface area contributed by atoms with Crippen molar-refractivity contribution in [2.24, 2.45) is 4.99 Å². The second-order valence-corrected chi connectivity index (χ2v) is 3.16. The summed E-state index contributed by atoms with van der Waals surface area (Å²) in [5.74, 6) is 0. The minimum atomic E-state index is -0.549. The van der Waals surface area contributed by atoms with E-state index in [2.05, 4.69) is 4.99 Å². The zero-order valence-electron chi connectivity index (χ0n) is 8.61. The van der Waals surface area contributed by atoms with Crippen LogP contribution in [0.5, 0.6) is 0 Å². The molecule has 0 bridgehead atoms. The van der Waals surface area contributed by atoms with E-state index in [1.165, 1.54) is 18.3 Å². The lowest BCUT2D eigenvalue weighted by atomic mass is 10.3. The highest BCUT2D eigenvalue weighted by Gasteiger charge is 2.05. The summed E-state index contributed by atoms with van der Waals surface area (Å²) in [6, 6.07) is 2.38. The standard InChI is InChI=1S/C9H13N3O4/c13-6-2-1-4-10-9-7-8(12(15)16)3-5-11(9)14/h3,5,7,13-14H,1-2,4,6H2. The second kappa shape index (κ2) is 5.86. The maximum absolute atomic E-state index is 10.5. The first-order valence-electron chi connectivity index (χ1n) is 4.83. The molecule has 0 aliphatic carbocycles. The van der Waals surface area contributed by atoms with Gasteiger partial charge in [0.05, 0.1) is 17.2 Å². The first-order valence-corrected chi connectivity index (χ1v) is 4.83. The Bertz CT molecular complexity index is 427. The first kappa shape index (κ1) is 12.2. The van der Waals surface area contributed by atoms with Gasteiger partial charge in [-0.3, -0.25) is 15.1 Å². The Morgan fingerprint density at radius 2 is 2.25 bits per heavy atom. The molecule has 88 valence electrons. The van der Waals surface area contributed by atoms with Crippen molar-refractivity contribution in [2.75, 3.05) is 13.2 Å². The van der Waals surface area contributed by atoms with Crippen molar-refractivity contribution in [2.45, 2.75) is 12.8 Å². The number of pyridine rings is 1. The van der Waals surface area contributed by atoms with Crippen LogP contribution in [0.4, 0.5) is 5.69 Å². The van der Waals surface area contributed by atoms with Crippen LogP contribution in [0.25, 0.3) is 0 Å². The van der Waals surface area contributed by atoms with E-state index in [1.54, 1.807) is 0 Å². The summed E-state index contributed by atoms with van der Waals surface area (Å²) in [5, 5.41) is 28.4. The molecule has 2 N–H and O–H groups in total. The number of aromatic nitrogens is 1. The fourth-order valence-corrected chi connectivity index (χ4v) is 1.12. The molecule has 1 aromatic rings. The summed E-state index contributed by atoms with van der Waals surface area (Å²) >= 11 is 0. The molecule has 7 heteroatoms. The SMILES string of the molecule is O=[N+]([O-])c1ccn(O)c(=NCCCCO)c1. The van der Waals surface area contributed by atoms with Crippen LogP contribution in [0.1, 0.15) is 12.8 Å². The molecule has 0 aliphatic heterocycles. The van der Waals surface area contributed by atoms with Gasteiger partial charge in [-0.25, -0.2) is 0 Å². The zero-order chi connectivity index (χ0) is 12.0. The van der Waals surface area contributed by atoms with E-state index in [0.717, 1.165) is 4.73 Å². The third-order valence-electron chi connectivity index (χ3n) is 1.95. The molecular formula is C9H13N3O4. The van der Waals surface area contributed by atoms with Crippen LogP contribution in [-0.2, 0) is 0 Å². The van der Waals surface area contributed by atoms with E-state index in [-0.39, 0.29) is 17.8 Å². The Morgan fingerprint density at radius 1 is 1.50 bits per heavy atom. The molecule has 0 aliphatic rings. The molecule has 16 heavy (non-hydrogen) atoms. The molecule has 0 radical (unpaired) electrons. The Kier molecular flexibility index (Phi) is 4.46. The molecule has 1 aromatic heterocycles. The predicted molar refractivity (Wildman–Crippen MR) is 55.0 cm³/mol. The molecule has 1 heterocycles. The van der Waals surface area contributed by atoms with Gasteiger partial charge in [0, 0.05) is 19.2 Å². The van der Waals surface area contributed by atoms with E-state index in [1.807, 2.05) is 0 Å². The van der Waals surface area contributed by atoms with Crippen LogP contribution in [0.3, 0.4) is 0 Å². The van der Waals surface area contributed by atoms with Crippen LogP contribution < -0.4 is 5.49 Å². The van der Waals surface area contributed by atoms with Crippen molar-refractivity contribution in [1.29, 1.82) is 0 Å². The largest absolute Gasteiger partial charge is 0.427 e. The van der Waals surface area contributed by atoms with Crippen LogP contribution >= 0.6 is 0 Å². The average Bonchev–Trinajstić information content (AvgIpc) is 2.26.